The summed E-state index contributed by atoms with van der Waals surface area (Å²) in [5.74, 6) is 2.31. The molecule has 2 aliphatic rings. The second-order valence-corrected chi connectivity index (χ2v) is 6.81. The topological polar surface area (TPSA) is 62.9 Å². The summed E-state index contributed by atoms with van der Waals surface area (Å²) in [6.45, 7) is 7.42. The number of nitrogens with zero attached hydrogens (tertiary/aromatic N) is 2. The molecule has 1 atom stereocenters. The molecule has 24 heavy (non-hydrogen) atoms. The van der Waals surface area contributed by atoms with Crippen molar-refractivity contribution in [3.63, 3.8) is 0 Å². The summed E-state index contributed by atoms with van der Waals surface area (Å²) in [4.78, 5) is 7.08. The molecular formula is C19H30N4O. The first-order valence-electron chi connectivity index (χ1n) is 9.26. The van der Waals surface area contributed by atoms with Gasteiger partial charge in [0.1, 0.15) is 5.75 Å². The van der Waals surface area contributed by atoms with E-state index in [1.54, 1.807) is 0 Å². The second-order valence-electron chi connectivity index (χ2n) is 6.81. The Kier molecular flexibility index (Phi) is 5.96. The van der Waals surface area contributed by atoms with Gasteiger partial charge >= 0.3 is 0 Å². The van der Waals surface area contributed by atoms with Crippen LogP contribution in [-0.4, -0.2) is 43.6 Å². The number of nitrogens with one attached hydrogen (secondary N) is 1. The van der Waals surface area contributed by atoms with Crippen molar-refractivity contribution in [2.75, 3.05) is 32.8 Å². The molecule has 1 aromatic rings. The van der Waals surface area contributed by atoms with Crippen LogP contribution in [0, 0.1) is 5.92 Å². The predicted octanol–water partition coefficient (Wildman–Crippen LogP) is 2.54. The maximum Gasteiger partial charge on any atom is 0.189 e. The molecule has 2 aliphatic heterocycles. The maximum absolute atomic E-state index is 6.11. The van der Waals surface area contributed by atoms with Gasteiger partial charge in [0.2, 0.25) is 0 Å². The van der Waals surface area contributed by atoms with Crippen molar-refractivity contribution in [3.05, 3.63) is 29.8 Å². The zero-order valence-electron chi connectivity index (χ0n) is 14.7. The maximum atomic E-state index is 6.11. The van der Waals surface area contributed by atoms with E-state index in [2.05, 4.69) is 28.2 Å². The molecule has 2 heterocycles. The summed E-state index contributed by atoms with van der Waals surface area (Å²) >= 11 is 0. The number of aliphatic imine (C=N–C) groups is 1. The number of guanidine groups is 1. The lowest BCUT2D eigenvalue weighted by Crippen LogP contribution is -2.37. The molecule has 0 saturated carbocycles. The lowest BCUT2D eigenvalue weighted by Gasteiger charge is -2.30. The Labute approximate surface area is 145 Å². The van der Waals surface area contributed by atoms with Crippen molar-refractivity contribution in [3.8, 4) is 5.75 Å². The quantitative estimate of drug-likeness (QED) is 0.643. The van der Waals surface area contributed by atoms with E-state index in [1.807, 2.05) is 18.2 Å². The number of rotatable bonds is 5. The van der Waals surface area contributed by atoms with Gasteiger partial charge in [-0.3, -0.25) is 4.99 Å². The van der Waals surface area contributed by atoms with Crippen LogP contribution in [0.25, 0.3) is 0 Å². The van der Waals surface area contributed by atoms with E-state index in [1.165, 1.54) is 38.0 Å². The summed E-state index contributed by atoms with van der Waals surface area (Å²) in [6, 6.07) is 8.35. The van der Waals surface area contributed by atoms with Gasteiger partial charge in [-0.25, -0.2) is 0 Å². The Hall–Kier alpha value is -1.75. The molecule has 1 saturated heterocycles. The van der Waals surface area contributed by atoms with Gasteiger partial charge in [-0.15, -0.1) is 0 Å². The van der Waals surface area contributed by atoms with E-state index in [-0.39, 0.29) is 6.04 Å². The molecule has 1 fully saturated rings. The Morgan fingerprint density at radius 2 is 2.08 bits per heavy atom. The zero-order chi connectivity index (χ0) is 16.8. The minimum absolute atomic E-state index is 0.200. The number of piperidine rings is 1. The molecule has 5 heteroatoms. The lowest BCUT2D eigenvalue weighted by atomic mass is 9.94. The van der Waals surface area contributed by atoms with Crippen LogP contribution in [0.2, 0.25) is 0 Å². The third-order valence-corrected chi connectivity index (χ3v) is 5.25. The normalized spacial score (nSPS) is 22.7. The Balaban J connectivity index is 1.46. The fourth-order valence-electron chi connectivity index (χ4n) is 3.68. The molecule has 0 aromatic heterocycles. The number of benzene rings is 1. The van der Waals surface area contributed by atoms with Crippen molar-refractivity contribution in [2.24, 2.45) is 16.6 Å². The summed E-state index contributed by atoms with van der Waals surface area (Å²) in [5.41, 5.74) is 7.29. The Bertz CT molecular complexity index is 552. The first kappa shape index (κ1) is 17.1. The average Bonchev–Trinajstić information content (AvgIpc) is 2.63. The number of nitrogens with two attached hydrogens (primary N) is 1. The Morgan fingerprint density at radius 3 is 2.88 bits per heavy atom. The first-order valence-corrected chi connectivity index (χ1v) is 9.26. The number of fused-ring (bicyclic) bond motifs is 1. The molecule has 1 unspecified atom stereocenters. The van der Waals surface area contributed by atoms with Crippen LogP contribution in [-0.2, 0) is 0 Å². The highest BCUT2D eigenvalue weighted by Crippen LogP contribution is 2.31. The van der Waals surface area contributed by atoms with E-state index in [0.29, 0.717) is 5.96 Å². The number of para-hydroxylation sites is 1. The van der Waals surface area contributed by atoms with Crippen LogP contribution >= 0.6 is 0 Å². The standard InChI is InChI=1S/C19H30N4O/c1-2-23-12-8-15(9-13-23)7-11-21-19(20)22-17-10-14-24-18-6-4-3-5-16(17)18/h3-6,15,17H,2,7-14H2,1H3,(H3,20,21,22). The zero-order valence-corrected chi connectivity index (χ0v) is 14.7. The predicted molar refractivity (Wildman–Crippen MR) is 98.4 cm³/mol. The highest BCUT2D eigenvalue weighted by atomic mass is 16.5. The van der Waals surface area contributed by atoms with Gasteiger partial charge in [-0.2, -0.15) is 0 Å². The molecule has 3 N–H and O–H groups in total. The third-order valence-electron chi connectivity index (χ3n) is 5.25. The molecule has 0 bridgehead atoms. The number of hydrogen-bond acceptors (Lipinski definition) is 3. The van der Waals surface area contributed by atoms with Gasteiger partial charge in [0.15, 0.2) is 5.96 Å². The van der Waals surface area contributed by atoms with Gasteiger partial charge in [-0.1, -0.05) is 25.1 Å². The Morgan fingerprint density at radius 1 is 1.29 bits per heavy atom. The van der Waals surface area contributed by atoms with Gasteiger partial charge in [0.05, 0.1) is 12.6 Å². The van der Waals surface area contributed by atoms with Gasteiger partial charge in [-0.05, 0) is 50.9 Å². The number of hydrogen-bond donors (Lipinski definition) is 2. The smallest absolute Gasteiger partial charge is 0.189 e. The van der Waals surface area contributed by atoms with Crippen molar-refractivity contribution in [2.45, 2.75) is 38.6 Å². The number of likely N-dealkylation sites (tertiary alicyclic amines) is 1. The van der Waals surface area contributed by atoms with Crippen LogP contribution in [0.3, 0.4) is 0 Å². The van der Waals surface area contributed by atoms with E-state index in [9.17, 15) is 0 Å². The summed E-state index contributed by atoms with van der Waals surface area (Å²) < 4.78 is 5.69. The van der Waals surface area contributed by atoms with E-state index < -0.39 is 0 Å². The van der Waals surface area contributed by atoms with Crippen LogP contribution in [0.15, 0.2) is 29.3 Å². The fraction of sp³-hybridized carbons (Fsp3) is 0.632. The van der Waals surface area contributed by atoms with Crippen molar-refractivity contribution < 1.29 is 4.74 Å². The number of ether oxygens (including phenoxy) is 1. The minimum Gasteiger partial charge on any atom is -0.493 e. The molecule has 0 radical (unpaired) electrons. The minimum atomic E-state index is 0.200. The third kappa shape index (κ3) is 4.41. The average molecular weight is 330 g/mol. The largest absolute Gasteiger partial charge is 0.493 e. The van der Waals surface area contributed by atoms with Crippen molar-refractivity contribution in [1.82, 2.24) is 10.2 Å². The fourth-order valence-corrected chi connectivity index (χ4v) is 3.68. The molecular weight excluding hydrogens is 300 g/mol. The van der Waals surface area contributed by atoms with Gasteiger partial charge in [0.25, 0.3) is 0 Å². The lowest BCUT2D eigenvalue weighted by molar-refractivity contribution is 0.188. The summed E-state index contributed by atoms with van der Waals surface area (Å²) in [7, 11) is 0. The molecule has 132 valence electrons. The first-order chi connectivity index (χ1) is 11.8. The van der Waals surface area contributed by atoms with E-state index >= 15 is 0 Å². The molecule has 0 aliphatic carbocycles. The summed E-state index contributed by atoms with van der Waals surface area (Å²) in [6.07, 6.45) is 4.65. The molecule has 3 rings (SSSR count). The highest BCUT2D eigenvalue weighted by Gasteiger charge is 2.21. The molecule has 0 spiro atoms. The van der Waals surface area contributed by atoms with Crippen LogP contribution < -0.4 is 15.8 Å². The molecule has 5 nitrogen and oxygen atoms in total. The van der Waals surface area contributed by atoms with Crippen LogP contribution in [0.5, 0.6) is 5.75 Å². The SMILES string of the molecule is CCN1CCC(CCN=C(N)NC2CCOc3ccccc32)CC1. The van der Waals surface area contributed by atoms with Crippen molar-refractivity contribution in [1.29, 1.82) is 0 Å². The van der Waals surface area contributed by atoms with E-state index in [0.717, 1.165) is 37.7 Å². The van der Waals surface area contributed by atoms with Crippen LogP contribution in [0.4, 0.5) is 0 Å². The molecule has 1 aromatic carbocycles. The van der Waals surface area contributed by atoms with E-state index in [4.69, 9.17) is 10.5 Å². The second kappa shape index (κ2) is 8.38. The van der Waals surface area contributed by atoms with Crippen LogP contribution in [0.1, 0.15) is 44.2 Å². The monoisotopic (exact) mass is 330 g/mol. The van der Waals surface area contributed by atoms with Gasteiger partial charge in [0, 0.05) is 18.5 Å². The summed E-state index contributed by atoms with van der Waals surface area (Å²) in [5, 5.41) is 3.37. The van der Waals surface area contributed by atoms with Crippen molar-refractivity contribution >= 4 is 5.96 Å². The van der Waals surface area contributed by atoms with Gasteiger partial charge < -0.3 is 20.7 Å². The highest BCUT2D eigenvalue weighted by molar-refractivity contribution is 5.78. The molecule has 0 amide bonds.